The van der Waals surface area contributed by atoms with Crippen LogP contribution in [0.15, 0.2) is 18.2 Å². The third-order valence-corrected chi connectivity index (χ3v) is 1.26. The van der Waals surface area contributed by atoms with Gasteiger partial charge in [0.05, 0.1) is 0 Å². The van der Waals surface area contributed by atoms with E-state index in [1.54, 1.807) is 0 Å². The zero-order valence-electron chi connectivity index (χ0n) is 6.89. The summed E-state index contributed by atoms with van der Waals surface area (Å²) in [5.74, 6) is 0. The molecule has 0 aliphatic carbocycles. The molecule has 0 aliphatic heterocycles. The molecule has 0 nitrogen and oxygen atoms in total. The van der Waals surface area contributed by atoms with Crippen molar-refractivity contribution in [1.29, 1.82) is 0 Å². The van der Waals surface area contributed by atoms with Crippen molar-refractivity contribution < 1.29 is 32.7 Å². The van der Waals surface area contributed by atoms with Gasteiger partial charge in [-0.05, 0) is 0 Å². The monoisotopic (exact) mass is 219 g/mol. The van der Waals surface area contributed by atoms with Crippen molar-refractivity contribution in [3.63, 3.8) is 0 Å². The second kappa shape index (κ2) is 5.68. The molecule has 55 valence electrons. The molecule has 0 saturated heterocycles. The van der Waals surface area contributed by atoms with Crippen molar-refractivity contribution in [2.45, 2.75) is 13.8 Å². The Balaban J connectivity index is 0.000001000. The van der Waals surface area contributed by atoms with E-state index in [4.69, 9.17) is 0 Å². The number of aryl methyl sites for hydroxylation is 1. The molecule has 0 amide bonds. The first-order chi connectivity index (χ1) is 4.83. The van der Waals surface area contributed by atoms with Crippen LogP contribution in [0.2, 0.25) is 0 Å². The van der Waals surface area contributed by atoms with E-state index >= 15 is 0 Å². The summed E-state index contributed by atoms with van der Waals surface area (Å²) < 4.78 is 0. The van der Waals surface area contributed by atoms with Gasteiger partial charge in [-0.15, -0.1) is 13.0 Å². The summed E-state index contributed by atoms with van der Waals surface area (Å²) in [7, 11) is 0. The minimum atomic E-state index is 0. The normalized spacial score (nSPS) is 9.64. The molecule has 0 unspecified atom stereocenters. The quantitative estimate of drug-likeness (QED) is 0.637. The molecular weight excluding hydrogens is 209 g/mol. The molecule has 1 aromatic rings. The van der Waals surface area contributed by atoms with Crippen LogP contribution in [-0.2, 0) is 32.7 Å². The Morgan fingerprint density at radius 3 is 2.73 bits per heavy atom. The van der Waals surface area contributed by atoms with E-state index in [2.05, 4.69) is 12.1 Å². The van der Waals surface area contributed by atoms with Crippen molar-refractivity contribution >= 4 is 6.08 Å². The van der Waals surface area contributed by atoms with Gasteiger partial charge in [-0.3, -0.25) is 0 Å². The van der Waals surface area contributed by atoms with Crippen LogP contribution >= 0.6 is 0 Å². The van der Waals surface area contributed by atoms with Crippen molar-refractivity contribution in [3.05, 3.63) is 41.5 Å². The minimum Gasteiger partial charge on any atom is -0.330 e. The van der Waals surface area contributed by atoms with Crippen LogP contribution in [0.5, 0.6) is 0 Å². The second-order valence-corrected chi connectivity index (χ2v) is 2.22. The number of benzene rings is 1. The summed E-state index contributed by atoms with van der Waals surface area (Å²) in [5.41, 5.74) is 2.27. The van der Waals surface area contributed by atoms with Crippen LogP contribution in [0, 0.1) is 19.1 Å². The van der Waals surface area contributed by atoms with Gasteiger partial charge in [0.25, 0.3) is 0 Å². The van der Waals surface area contributed by atoms with Gasteiger partial charge in [0.1, 0.15) is 0 Å². The van der Waals surface area contributed by atoms with Crippen molar-refractivity contribution in [1.82, 2.24) is 0 Å². The van der Waals surface area contributed by atoms with Gasteiger partial charge in [-0.25, -0.2) is 12.1 Å². The molecule has 1 radical (unpaired) electrons. The van der Waals surface area contributed by atoms with Crippen molar-refractivity contribution in [2.24, 2.45) is 0 Å². The van der Waals surface area contributed by atoms with Crippen LogP contribution in [0.4, 0.5) is 0 Å². The van der Waals surface area contributed by atoms with Gasteiger partial charge in [0.15, 0.2) is 0 Å². The third kappa shape index (κ3) is 3.83. The van der Waals surface area contributed by atoms with Crippen LogP contribution in [0.1, 0.15) is 18.1 Å². The van der Waals surface area contributed by atoms with E-state index in [0.717, 1.165) is 5.56 Å². The first-order valence-electron chi connectivity index (χ1n) is 3.32. The molecule has 0 fully saturated rings. The summed E-state index contributed by atoms with van der Waals surface area (Å²) in [6.07, 6.45) is 4.88. The molecule has 1 heteroatoms. The fourth-order valence-electron chi connectivity index (χ4n) is 0.847. The molecular formula is C10H10Y-2. The number of hydrogen-bond acceptors (Lipinski definition) is 0. The van der Waals surface area contributed by atoms with Gasteiger partial charge in [-0.2, -0.15) is 11.6 Å². The fourth-order valence-corrected chi connectivity index (χ4v) is 0.847. The molecule has 0 aliphatic rings. The first kappa shape index (κ1) is 11.1. The standard InChI is InChI=1S/C10H10.Y/c1-3-5-10-7-4-6-9(2)8-10;/h4-7H,1-2H3;/q-2;. The largest absolute Gasteiger partial charge is 0.330 e. The van der Waals surface area contributed by atoms with Crippen LogP contribution in [0.3, 0.4) is 0 Å². The summed E-state index contributed by atoms with van der Waals surface area (Å²) >= 11 is 0. The molecule has 0 spiro atoms. The number of rotatable bonds is 1. The van der Waals surface area contributed by atoms with Crippen LogP contribution < -0.4 is 0 Å². The average molecular weight is 219 g/mol. The molecule has 0 atom stereocenters. The van der Waals surface area contributed by atoms with Crippen LogP contribution in [-0.4, -0.2) is 0 Å². The molecule has 1 aromatic carbocycles. The molecule has 0 saturated carbocycles. The maximum atomic E-state index is 3.19. The second-order valence-electron chi connectivity index (χ2n) is 2.22. The number of hydrogen-bond donors (Lipinski definition) is 0. The van der Waals surface area contributed by atoms with E-state index in [9.17, 15) is 0 Å². The maximum absolute atomic E-state index is 3.19. The number of allylic oxidation sites excluding steroid dienone is 1. The summed E-state index contributed by atoms with van der Waals surface area (Å²) in [4.78, 5) is 0. The topological polar surface area (TPSA) is 0 Å². The minimum absolute atomic E-state index is 0. The smallest absolute Gasteiger partial charge is 0 e. The Bertz CT molecular complexity index is 238. The van der Waals surface area contributed by atoms with E-state index < -0.39 is 0 Å². The molecule has 1 rings (SSSR count). The Morgan fingerprint density at radius 2 is 2.18 bits per heavy atom. The Kier molecular flexibility index (Phi) is 5.71. The van der Waals surface area contributed by atoms with E-state index in [1.165, 1.54) is 5.56 Å². The predicted octanol–water partition coefficient (Wildman–Crippen LogP) is 2.63. The summed E-state index contributed by atoms with van der Waals surface area (Å²) in [6, 6.07) is 9.27. The van der Waals surface area contributed by atoms with Crippen molar-refractivity contribution in [3.8, 4) is 0 Å². The molecule has 0 bridgehead atoms. The van der Waals surface area contributed by atoms with Gasteiger partial charge in [0, 0.05) is 32.7 Å². The Hall–Kier alpha value is 0.0639. The molecule has 11 heavy (non-hydrogen) atoms. The predicted molar refractivity (Wildman–Crippen MR) is 43.4 cm³/mol. The Morgan fingerprint density at radius 1 is 1.45 bits per heavy atom. The molecule has 0 aromatic heterocycles. The van der Waals surface area contributed by atoms with E-state index in [1.807, 2.05) is 38.1 Å². The summed E-state index contributed by atoms with van der Waals surface area (Å²) in [6.45, 7) is 3.92. The van der Waals surface area contributed by atoms with Gasteiger partial charge in [0.2, 0.25) is 0 Å². The third-order valence-electron chi connectivity index (χ3n) is 1.26. The Labute approximate surface area is 93.6 Å². The molecule has 0 N–H and O–H groups in total. The van der Waals surface area contributed by atoms with Gasteiger partial charge in [-0.1, -0.05) is 6.92 Å². The van der Waals surface area contributed by atoms with E-state index in [-0.39, 0.29) is 32.7 Å². The SMILES string of the molecule is C[C-]=Cc1[c-]c(C)ccc1.[Y]. The van der Waals surface area contributed by atoms with Crippen molar-refractivity contribution in [2.75, 3.05) is 0 Å². The van der Waals surface area contributed by atoms with Crippen LogP contribution in [0.25, 0.3) is 6.08 Å². The van der Waals surface area contributed by atoms with Gasteiger partial charge >= 0.3 is 0 Å². The maximum Gasteiger partial charge on any atom is 0 e. The fraction of sp³-hybridized carbons (Fsp3) is 0.200. The zero-order chi connectivity index (χ0) is 7.40. The van der Waals surface area contributed by atoms with E-state index in [0.29, 0.717) is 0 Å². The average Bonchev–Trinajstić information content (AvgIpc) is 1.88. The zero-order valence-corrected chi connectivity index (χ0v) is 9.73. The van der Waals surface area contributed by atoms with Gasteiger partial charge < -0.3 is 17.7 Å². The molecule has 0 heterocycles. The first-order valence-corrected chi connectivity index (χ1v) is 3.32. The summed E-state index contributed by atoms with van der Waals surface area (Å²) in [5, 5.41) is 0.